The van der Waals surface area contributed by atoms with Gasteiger partial charge in [-0.25, -0.2) is 0 Å². The molecule has 0 amide bonds. The molecule has 0 radical (unpaired) electrons. The van der Waals surface area contributed by atoms with E-state index in [1.54, 1.807) is 17.0 Å². The molecule has 1 heterocycles. The Morgan fingerprint density at radius 3 is 2.42 bits per heavy atom. The highest BCUT2D eigenvalue weighted by Gasteiger charge is 2.20. The second kappa shape index (κ2) is 6.60. The fourth-order valence-corrected chi connectivity index (χ4v) is 2.56. The van der Waals surface area contributed by atoms with E-state index in [4.69, 9.17) is 23.2 Å². The van der Waals surface area contributed by atoms with E-state index in [2.05, 4.69) is 24.4 Å². The number of quaternary nitrogens is 1. The van der Waals surface area contributed by atoms with Gasteiger partial charge in [-0.1, -0.05) is 23.2 Å². The first kappa shape index (κ1) is 14.6. The average molecular weight is 301 g/mol. The number of hydrazone groups is 1. The Hall–Kier alpha value is -0.770. The van der Waals surface area contributed by atoms with E-state index in [9.17, 15) is 0 Å². The summed E-state index contributed by atoms with van der Waals surface area (Å²) in [6.45, 7) is 6.87. The van der Waals surface area contributed by atoms with E-state index in [-0.39, 0.29) is 0 Å². The molecule has 2 N–H and O–H groups in total. The van der Waals surface area contributed by atoms with E-state index in [0.717, 1.165) is 18.5 Å². The summed E-state index contributed by atoms with van der Waals surface area (Å²) in [5, 5.41) is 5.58. The summed E-state index contributed by atoms with van der Waals surface area (Å²) in [6, 6.07) is 6.15. The molecule has 1 aromatic rings. The maximum atomic E-state index is 5.97. The van der Waals surface area contributed by atoms with Gasteiger partial charge >= 0.3 is 0 Å². The highest BCUT2D eigenvalue weighted by Crippen LogP contribution is 2.24. The van der Waals surface area contributed by atoms with E-state index in [0.29, 0.717) is 16.1 Å². The van der Waals surface area contributed by atoms with Crippen LogP contribution in [0.15, 0.2) is 23.3 Å². The van der Waals surface area contributed by atoms with Gasteiger partial charge in [-0.3, -0.25) is 5.43 Å². The number of anilines is 1. The summed E-state index contributed by atoms with van der Waals surface area (Å²) in [7, 11) is 0. The van der Waals surface area contributed by atoms with Gasteiger partial charge in [0.2, 0.25) is 0 Å². The van der Waals surface area contributed by atoms with Crippen LogP contribution in [-0.2, 0) is 0 Å². The fraction of sp³-hybridized carbons (Fsp3) is 0.500. The largest absolute Gasteiger partial charge is 0.332 e. The zero-order valence-corrected chi connectivity index (χ0v) is 12.9. The normalized spacial score (nSPS) is 19.6. The van der Waals surface area contributed by atoms with E-state index in [1.165, 1.54) is 18.8 Å². The predicted octanol–water partition coefficient (Wildman–Crippen LogP) is 2.85. The lowest BCUT2D eigenvalue weighted by Crippen LogP contribution is -3.16. The number of likely N-dealkylation sites (tertiary alicyclic amines) is 1. The number of benzene rings is 1. The molecule has 1 aromatic carbocycles. The molecule has 3 nitrogen and oxygen atoms in total. The lowest BCUT2D eigenvalue weighted by Gasteiger charge is -2.27. The first-order valence-corrected chi connectivity index (χ1v) is 7.43. The zero-order chi connectivity index (χ0) is 13.8. The van der Waals surface area contributed by atoms with Crippen LogP contribution in [-0.4, -0.2) is 24.8 Å². The van der Waals surface area contributed by atoms with Crippen molar-refractivity contribution >= 4 is 34.6 Å². The first-order valence-electron chi connectivity index (χ1n) is 6.67. The van der Waals surface area contributed by atoms with Gasteiger partial charge in [-0.05, 0) is 32.0 Å². The summed E-state index contributed by atoms with van der Waals surface area (Å²) in [4.78, 5) is 1.66. The third kappa shape index (κ3) is 4.10. The zero-order valence-electron chi connectivity index (χ0n) is 11.3. The van der Waals surface area contributed by atoms with Crippen molar-refractivity contribution in [1.82, 2.24) is 0 Å². The van der Waals surface area contributed by atoms with Gasteiger partial charge in [-0.2, -0.15) is 5.10 Å². The summed E-state index contributed by atoms with van der Waals surface area (Å²) in [5.74, 6) is 0. The summed E-state index contributed by atoms with van der Waals surface area (Å²) in [5.41, 5.74) is 5.17. The summed E-state index contributed by atoms with van der Waals surface area (Å²) < 4.78 is 0. The first-order chi connectivity index (χ1) is 9.06. The maximum Gasteiger partial charge on any atom is 0.0826 e. The van der Waals surface area contributed by atoms with Crippen molar-refractivity contribution in [1.29, 1.82) is 0 Å². The minimum Gasteiger partial charge on any atom is -0.332 e. The second-order valence-electron chi connectivity index (χ2n) is 5.23. The van der Waals surface area contributed by atoms with Crippen LogP contribution in [0.2, 0.25) is 10.0 Å². The van der Waals surface area contributed by atoms with Gasteiger partial charge in [0.1, 0.15) is 0 Å². The molecular weight excluding hydrogens is 281 g/mol. The van der Waals surface area contributed by atoms with Crippen molar-refractivity contribution in [3.05, 3.63) is 28.2 Å². The molecule has 2 rings (SSSR count). The SMILES string of the molecule is CC(C)[NH+]1CCC(=NNc2ccc(Cl)c(Cl)c2)CC1. The summed E-state index contributed by atoms with van der Waals surface area (Å²) >= 11 is 11.8. The van der Waals surface area contributed by atoms with Crippen LogP contribution in [0.5, 0.6) is 0 Å². The van der Waals surface area contributed by atoms with Crippen LogP contribution < -0.4 is 10.3 Å². The van der Waals surface area contributed by atoms with Crippen molar-refractivity contribution in [2.24, 2.45) is 5.10 Å². The number of rotatable bonds is 3. The van der Waals surface area contributed by atoms with E-state index in [1.807, 2.05) is 6.07 Å². The van der Waals surface area contributed by atoms with Crippen LogP contribution in [0.3, 0.4) is 0 Å². The minimum absolute atomic E-state index is 0.547. The molecule has 0 atom stereocenters. The lowest BCUT2D eigenvalue weighted by atomic mass is 10.1. The van der Waals surface area contributed by atoms with Gasteiger partial charge < -0.3 is 4.90 Å². The van der Waals surface area contributed by atoms with Crippen molar-refractivity contribution < 1.29 is 4.90 Å². The number of nitrogens with zero attached hydrogens (tertiary/aromatic N) is 1. The molecule has 1 aliphatic rings. The molecule has 5 heteroatoms. The fourth-order valence-electron chi connectivity index (χ4n) is 2.26. The minimum atomic E-state index is 0.547. The predicted molar refractivity (Wildman–Crippen MR) is 82.6 cm³/mol. The highest BCUT2D eigenvalue weighted by molar-refractivity contribution is 6.42. The summed E-state index contributed by atoms with van der Waals surface area (Å²) in [6.07, 6.45) is 2.11. The number of halogens is 2. The Labute approximate surface area is 124 Å². The number of piperidine rings is 1. The number of nitrogens with one attached hydrogen (secondary N) is 2. The standard InChI is InChI=1S/C14H19Cl2N3/c1-10(2)19-7-5-11(6-8-19)17-18-12-3-4-13(15)14(16)9-12/h3-4,9-10,18H,5-8H2,1-2H3/p+1. The Morgan fingerprint density at radius 1 is 1.16 bits per heavy atom. The molecule has 0 unspecified atom stereocenters. The van der Waals surface area contributed by atoms with Crippen LogP contribution >= 0.6 is 23.2 Å². The molecule has 0 aromatic heterocycles. The Balaban J connectivity index is 1.91. The molecule has 104 valence electrons. The number of hydrogen-bond donors (Lipinski definition) is 2. The molecule has 19 heavy (non-hydrogen) atoms. The topological polar surface area (TPSA) is 28.8 Å². The van der Waals surface area contributed by atoms with Crippen molar-refractivity contribution in [3.8, 4) is 0 Å². The lowest BCUT2D eigenvalue weighted by molar-refractivity contribution is -0.922. The van der Waals surface area contributed by atoms with Gasteiger partial charge in [-0.15, -0.1) is 0 Å². The molecule has 1 aliphatic heterocycles. The quantitative estimate of drug-likeness (QED) is 0.826. The van der Waals surface area contributed by atoms with Crippen LogP contribution in [0.1, 0.15) is 26.7 Å². The maximum absolute atomic E-state index is 5.97. The van der Waals surface area contributed by atoms with E-state index < -0.39 is 0 Å². The molecule has 1 saturated heterocycles. The van der Waals surface area contributed by atoms with Crippen LogP contribution in [0.25, 0.3) is 0 Å². The van der Waals surface area contributed by atoms with Crippen molar-refractivity contribution in [3.63, 3.8) is 0 Å². The van der Waals surface area contributed by atoms with Crippen LogP contribution in [0.4, 0.5) is 5.69 Å². The Bertz CT molecular complexity index is 462. The Kier molecular flexibility index (Phi) is 5.08. The average Bonchev–Trinajstić information content (AvgIpc) is 2.40. The molecule has 0 saturated carbocycles. The van der Waals surface area contributed by atoms with Gasteiger partial charge in [0, 0.05) is 18.6 Å². The molecule has 0 spiro atoms. The van der Waals surface area contributed by atoms with Crippen molar-refractivity contribution in [2.75, 3.05) is 18.5 Å². The molecular formula is C14H20Cl2N3+. The smallest absolute Gasteiger partial charge is 0.0826 e. The van der Waals surface area contributed by atoms with Gasteiger partial charge in [0.15, 0.2) is 0 Å². The highest BCUT2D eigenvalue weighted by atomic mass is 35.5. The Morgan fingerprint density at radius 2 is 1.84 bits per heavy atom. The molecule has 1 fully saturated rings. The van der Waals surface area contributed by atoms with Crippen molar-refractivity contribution in [2.45, 2.75) is 32.7 Å². The van der Waals surface area contributed by atoms with Gasteiger partial charge in [0.25, 0.3) is 0 Å². The van der Waals surface area contributed by atoms with Gasteiger partial charge in [0.05, 0.1) is 34.9 Å². The molecule has 0 aliphatic carbocycles. The third-order valence-corrected chi connectivity index (χ3v) is 4.29. The number of hydrogen-bond acceptors (Lipinski definition) is 2. The van der Waals surface area contributed by atoms with E-state index >= 15 is 0 Å². The van der Waals surface area contributed by atoms with Crippen LogP contribution in [0, 0.1) is 0 Å². The third-order valence-electron chi connectivity index (χ3n) is 3.55. The monoisotopic (exact) mass is 300 g/mol. The molecule has 0 bridgehead atoms. The second-order valence-corrected chi connectivity index (χ2v) is 6.05.